The average Bonchev–Trinajstić information content (AvgIpc) is 2.26. The summed E-state index contributed by atoms with van der Waals surface area (Å²) in [7, 11) is -3.01. The molecule has 0 aliphatic rings. The Morgan fingerprint density at radius 1 is 1.00 bits per heavy atom. The molecule has 0 aliphatic heterocycles. The lowest BCUT2D eigenvalue weighted by atomic mass is 9.93. The summed E-state index contributed by atoms with van der Waals surface area (Å²) in [5.41, 5.74) is 11.4. The molecule has 0 saturated carbocycles. The first kappa shape index (κ1) is 15.2. The lowest BCUT2D eigenvalue weighted by molar-refractivity contribution is 0.595. The van der Waals surface area contributed by atoms with Crippen molar-refractivity contribution >= 4 is 9.84 Å². The molecule has 1 aromatic carbocycles. The highest BCUT2D eigenvalue weighted by Crippen LogP contribution is 2.22. The Balaban J connectivity index is 2.99. The van der Waals surface area contributed by atoms with Gasteiger partial charge in [-0.05, 0) is 61.9 Å². The van der Waals surface area contributed by atoms with Crippen LogP contribution < -0.4 is 5.73 Å². The third-order valence-corrected chi connectivity index (χ3v) is 5.30. The van der Waals surface area contributed by atoms with E-state index in [1.54, 1.807) is 0 Å². The van der Waals surface area contributed by atoms with E-state index in [0.717, 1.165) is 0 Å². The van der Waals surface area contributed by atoms with E-state index in [4.69, 9.17) is 5.73 Å². The summed E-state index contributed by atoms with van der Waals surface area (Å²) in [5.74, 6) is 0.269. The van der Waals surface area contributed by atoms with Crippen LogP contribution >= 0.6 is 0 Å². The molecule has 1 rings (SSSR count). The molecule has 0 bridgehead atoms. The largest absolute Gasteiger partial charge is 0.329 e. The minimum Gasteiger partial charge on any atom is -0.329 e. The van der Waals surface area contributed by atoms with Gasteiger partial charge in [-0.15, -0.1) is 0 Å². The molecule has 4 heteroatoms. The van der Waals surface area contributed by atoms with Crippen LogP contribution in [0.15, 0.2) is 6.07 Å². The first-order valence-electron chi connectivity index (χ1n) is 6.25. The summed E-state index contributed by atoms with van der Waals surface area (Å²) in [6, 6.07) is 2.16. The van der Waals surface area contributed by atoms with Crippen molar-refractivity contribution in [3.8, 4) is 0 Å². The number of benzene rings is 1. The second kappa shape index (κ2) is 5.85. The summed E-state index contributed by atoms with van der Waals surface area (Å²) in [6.07, 6.45) is 0.586. The van der Waals surface area contributed by atoms with Gasteiger partial charge in [0.25, 0.3) is 0 Å². The molecule has 0 amide bonds. The number of nitrogens with two attached hydrogens (primary N) is 1. The SMILES string of the molecule is Cc1cc(C)c(C)c(CCS(=O)(=O)CCN)c1C. The van der Waals surface area contributed by atoms with Crippen LogP contribution in [0.5, 0.6) is 0 Å². The molecule has 3 nitrogen and oxygen atoms in total. The molecule has 0 aromatic heterocycles. The molecule has 0 saturated heterocycles. The van der Waals surface area contributed by atoms with Crippen LogP contribution in [0.2, 0.25) is 0 Å². The molecule has 2 N–H and O–H groups in total. The van der Waals surface area contributed by atoms with Gasteiger partial charge < -0.3 is 5.73 Å². The zero-order valence-electron chi connectivity index (χ0n) is 11.7. The minimum atomic E-state index is -3.01. The van der Waals surface area contributed by atoms with E-state index < -0.39 is 9.84 Å². The van der Waals surface area contributed by atoms with Crippen molar-refractivity contribution in [3.63, 3.8) is 0 Å². The van der Waals surface area contributed by atoms with E-state index in [-0.39, 0.29) is 18.1 Å². The molecule has 0 unspecified atom stereocenters. The minimum absolute atomic E-state index is 0.0793. The molecular formula is C14H23NO2S. The number of hydrogen-bond donors (Lipinski definition) is 1. The molecule has 102 valence electrons. The van der Waals surface area contributed by atoms with Gasteiger partial charge in [-0.3, -0.25) is 0 Å². The zero-order valence-corrected chi connectivity index (χ0v) is 12.5. The summed E-state index contributed by atoms with van der Waals surface area (Å²) >= 11 is 0. The number of hydrogen-bond acceptors (Lipinski definition) is 3. The van der Waals surface area contributed by atoms with E-state index >= 15 is 0 Å². The van der Waals surface area contributed by atoms with Crippen LogP contribution in [0.1, 0.15) is 27.8 Å². The molecule has 0 fully saturated rings. The topological polar surface area (TPSA) is 60.2 Å². The van der Waals surface area contributed by atoms with Gasteiger partial charge in [0.2, 0.25) is 0 Å². The molecule has 0 heterocycles. The van der Waals surface area contributed by atoms with Crippen molar-refractivity contribution in [3.05, 3.63) is 33.9 Å². The zero-order chi connectivity index (χ0) is 13.9. The Hall–Kier alpha value is -0.870. The average molecular weight is 269 g/mol. The Kier molecular flexibility index (Phi) is 4.93. The lowest BCUT2D eigenvalue weighted by Gasteiger charge is -2.15. The van der Waals surface area contributed by atoms with Gasteiger partial charge in [0.05, 0.1) is 11.5 Å². The van der Waals surface area contributed by atoms with Crippen LogP contribution in [-0.2, 0) is 16.3 Å². The van der Waals surface area contributed by atoms with E-state index in [1.807, 2.05) is 0 Å². The number of aryl methyl sites for hydroxylation is 2. The van der Waals surface area contributed by atoms with Gasteiger partial charge in [-0.2, -0.15) is 0 Å². The van der Waals surface area contributed by atoms with E-state index in [9.17, 15) is 8.42 Å². The Bertz CT molecular complexity index is 507. The smallest absolute Gasteiger partial charge is 0.151 e. The van der Waals surface area contributed by atoms with Gasteiger partial charge in [-0.1, -0.05) is 6.07 Å². The van der Waals surface area contributed by atoms with E-state index in [1.165, 1.54) is 27.8 Å². The van der Waals surface area contributed by atoms with Crippen LogP contribution in [-0.4, -0.2) is 26.5 Å². The van der Waals surface area contributed by atoms with Crippen molar-refractivity contribution in [2.45, 2.75) is 34.1 Å². The van der Waals surface area contributed by atoms with Crippen LogP contribution in [0.4, 0.5) is 0 Å². The molecule has 18 heavy (non-hydrogen) atoms. The van der Waals surface area contributed by atoms with Gasteiger partial charge in [0.1, 0.15) is 0 Å². The summed E-state index contributed by atoms with van der Waals surface area (Å²) in [6.45, 7) is 8.46. The molecule has 0 aliphatic carbocycles. The second-order valence-electron chi connectivity index (χ2n) is 4.93. The summed E-state index contributed by atoms with van der Waals surface area (Å²) in [4.78, 5) is 0. The third-order valence-electron chi connectivity index (χ3n) is 3.61. The lowest BCUT2D eigenvalue weighted by Crippen LogP contribution is -2.20. The van der Waals surface area contributed by atoms with Crippen LogP contribution in [0.3, 0.4) is 0 Å². The number of sulfone groups is 1. The Morgan fingerprint density at radius 2 is 1.50 bits per heavy atom. The van der Waals surface area contributed by atoms with Crippen molar-refractivity contribution in [1.82, 2.24) is 0 Å². The van der Waals surface area contributed by atoms with Gasteiger partial charge in [0, 0.05) is 6.54 Å². The molecule has 1 aromatic rings. The normalized spacial score (nSPS) is 11.8. The molecular weight excluding hydrogens is 246 g/mol. The third kappa shape index (κ3) is 3.56. The van der Waals surface area contributed by atoms with E-state index in [2.05, 4.69) is 33.8 Å². The number of rotatable bonds is 5. The standard InChI is InChI=1S/C14H23NO2S/c1-10-9-11(2)13(4)14(12(10)3)5-7-18(16,17)8-6-15/h9H,5-8,15H2,1-4H3. The molecule has 0 radical (unpaired) electrons. The fourth-order valence-electron chi connectivity index (χ4n) is 2.21. The van der Waals surface area contributed by atoms with Crippen molar-refractivity contribution < 1.29 is 8.42 Å². The first-order valence-corrected chi connectivity index (χ1v) is 8.07. The Labute approximate surface area is 110 Å². The van der Waals surface area contributed by atoms with Crippen molar-refractivity contribution in [2.75, 3.05) is 18.1 Å². The van der Waals surface area contributed by atoms with Gasteiger partial charge >= 0.3 is 0 Å². The monoisotopic (exact) mass is 269 g/mol. The van der Waals surface area contributed by atoms with Gasteiger partial charge in [0.15, 0.2) is 9.84 Å². The molecule has 0 spiro atoms. The van der Waals surface area contributed by atoms with Gasteiger partial charge in [-0.25, -0.2) is 8.42 Å². The quantitative estimate of drug-likeness (QED) is 0.887. The molecule has 0 atom stereocenters. The maximum absolute atomic E-state index is 11.7. The van der Waals surface area contributed by atoms with Crippen molar-refractivity contribution in [1.29, 1.82) is 0 Å². The predicted octanol–water partition coefficient (Wildman–Crippen LogP) is 1.84. The van der Waals surface area contributed by atoms with E-state index in [0.29, 0.717) is 6.42 Å². The summed E-state index contributed by atoms with van der Waals surface area (Å²) in [5, 5.41) is 0. The highest BCUT2D eigenvalue weighted by atomic mass is 32.2. The van der Waals surface area contributed by atoms with Crippen LogP contribution in [0, 0.1) is 27.7 Å². The predicted molar refractivity (Wildman–Crippen MR) is 76.8 cm³/mol. The van der Waals surface area contributed by atoms with Crippen LogP contribution in [0.25, 0.3) is 0 Å². The highest BCUT2D eigenvalue weighted by molar-refractivity contribution is 7.91. The first-order chi connectivity index (χ1) is 8.28. The summed E-state index contributed by atoms with van der Waals surface area (Å²) < 4.78 is 23.4. The highest BCUT2D eigenvalue weighted by Gasteiger charge is 2.13. The fraction of sp³-hybridized carbons (Fsp3) is 0.571. The maximum atomic E-state index is 11.7. The second-order valence-corrected chi connectivity index (χ2v) is 7.23. The maximum Gasteiger partial charge on any atom is 0.151 e. The van der Waals surface area contributed by atoms with Crippen molar-refractivity contribution in [2.24, 2.45) is 5.73 Å². The Morgan fingerprint density at radius 3 is 1.94 bits per heavy atom. The fourth-order valence-corrected chi connectivity index (χ4v) is 3.29.